The van der Waals surface area contributed by atoms with Crippen LogP contribution in [0.3, 0.4) is 0 Å². The van der Waals surface area contributed by atoms with Crippen LogP contribution in [0.1, 0.15) is 19.3 Å². The number of nitrogens with two attached hydrogens (primary N) is 1. The summed E-state index contributed by atoms with van der Waals surface area (Å²) < 4.78 is 5.53. The molecule has 1 saturated carbocycles. The van der Waals surface area contributed by atoms with Crippen molar-refractivity contribution >= 4 is 23.1 Å². The number of halogens is 1. The Balaban J connectivity index is 2.08. The van der Waals surface area contributed by atoms with E-state index >= 15 is 0 Å². The Morgan fingerprint density at radius 2 is 2.30 bits per heavy atom. The first-order valence-electron chi connectivity index (χ1n) is 5.99. The highest BCUT2D eigenvalue weighted by atomic mass is 35.5. The molecule has 1 aliphatic rings. The standard InChI is InChI=1S/C12H14ClN3O4/c13-8-1-2-9(16(18)19)10(5-8)20-7-12(3-4-12)6-11(14)15-17/h1-2,5,17H,3-4,6-7H2,(H2,14,15). The summed E-state index contributed by atoms with van der Waals surface area (Å²) in [6, 6.07) is 4.16. The Kier molecular flexibility index (Phi) is 3.99. The van der Waals surface area contributed by atoms with Crippen molar-refractivity contribution in [2.45, 2.75) is 19.3 Å². The van der Waals surface area contributed by atoms with Gasteiger partial charge in [-0.1, -0.05) is 16.8 Å². The van der Waals surface area contributed by atoms with Gasteiger partial charge in [0.05, 0.1) is 11.5 Å². The van der Waals surface area contributed by atoms with Crippen LogP contribution in [-0.4, -0.2) is 22.6 Å². The van der Waals surface area contributed by atoms with Crippen molar-refractivity contribution < 1.29 is 14.9 Å². The van der Waals surface area contributed by atoms with Crippen molar-refractivity contribution in [3.63, 3.8) is 0 Å². The second kappa shape index (κ2) is 5.54. The second-order valence-electron chi connectivity index (χ2n) is 4.93. The lowest BCUT2D eigenvalue weighted by atomic mass is 10.0. The topological polar surface area (TPSA) is 111 Å². The Labute approximate surface area is 120 Å². The molecule has 0 heterocycles. The molecule has 1 aromatic carbocycles. The van der Waals surface area contributed by atoms with E-state index < -0.39 is 4.92 Å². The highest BCUT2D eigenvalue weighted by Crippen LogP contribution is 2.49. The second-order valence-corrected chi connectivity index (χ2v) is 5.36. The molecule has 1 fully saturated rings. The molecule has 0 atom stereocenters. The molecule has 0 saturated heterocycles. The summed E-state index contributed by atoms with van der Waals surface area (Å²) in [5.74, 6) is 0.264. The van der Waals surface area contributed by atoms with Crippen LogP contribution in [0.25, 0.3) is 0 Å². The van der Waals surface area contributed by atoms with Crippen molar-refractivity contribution in [2.24, 2.45) is 16.3 Å². The number of oxime groups is 1. The summed E-state index contributed by atoms with van der Waals surface area (Å²) in [7, 11) is 0. The van der Waals surface area contributed by atoms with Gasteiger partial charge < -0.3 is 15.7 Å². The van der Waals surface area contributed by atoms with Crippen molar-refractivity contribution in [2.75, 3.05) is 6.61 Å². The van der Waals surface area contributed by atoms with Gasteiger partial charge in [0, 0.05) is 29.0 Å². The lowest BCUT2D eigenvalue weighted by molar-refractivity contribution is -0.385. The zero-order chi connectivity index (χ0) is 14.8. The van der Waals surface area contributed by atoms with E-state index in [4.69, 9.17) is 27.3 Å². The highest BCUT2D eigenvalue weighted by molar-refractivity contribution is 6.30. The molecule has 0 unspecified atom stereocenters. The van der Waals surface area contributed by atoms with Crippen molar-refractivity contribution in [1.29, 1.82) is 0 Å². The van der Waals surface area contributed by atoms with Crippen LogP contribution in [0.15, 0.2) is 23.4 Å². The molecule has 0 radical (unpaired) electrons. The van der Waals surface area contributed by atoms with Crippen LogP contribution < -0.4 is 10.5 Å². The minimum absolute atomic E-state index is 0.131. The molecule has 0 aromatic heterocycles. The van der Waals surface area contributed by atoms with E-state index in [2.05, 4.69) is 5.16 Å². The first kappa shape index (κ1) is 14.4. The summed E-state index contributed by atoms with van der Waals surface area (Å²) in [4.78, 5) is 10.4. The molecular formula is C12H14ClN3O4. The van der Waals surface area contributed by atoms with Crippen LogP contribution in [0, 0.1) is 15.5 Å². The number of amidine groups is 1. The molecule has 2 rings (SSSR count). The Morgan fingerprint density at radius 3 is 2.85 bits per heavy atom. The zero-order valence-electron chi connectivity index (χ0n) is 10.6. The summed E-state index contributed by atoms with van der Waals surface area (Å²) in [6.07, 6.45) is 2.15. The van der Waals surface area contributed by atoms with Crippen LogP contribution in [0.2, 0.25) is 5.02 Å². The Bertz CT molecular complexity index is 558. The number of hydrogen-bond acceptors (Lipinski definition) is 5. The first-order chi connectivity index (χ1) is 9.46. The van der Waals surface area contributed by atoms with Crippen molar-refractivity contribution in [3.05, 3.63) is 33.3 Å². The summed E-state index contributed by atoms with van der Waals surface area (Å²) >= 11 is 5.82. The average Bonchev–Trinajstić information content (AvgIpc) is 3.16. The fraction of sp³-hybridized carbons (Fsp3) is 0.417. The van der Waals surface area contributed by atoms with Crippen LogP contribution in [0.5, 0.6) is 5.75 Å². The van der Waals surface area contributed by atoms with Gasteiger partial charge in [-0.15, -0.1) is 0 Å². The van der Waals surface area contributed by atoms with E-state index in [1.165, 1.54) is 18.2 Å². The maximum absolute atomic E-state index is 10.9. The number of nitrogens with zero attached hydrogens (tertiary/aromatic N) is 2. The number of nitro groups is 1. The molecule has 0 amide bonds. The molecule has 0 bridgehead atoms. The number of nitro benzene ring substituents is 1. The fourth-order valence-corrected chi connectivity index (χ4v) is 2.12. The fourth-order valence-electron chi connectivity index (χ4n) is 1.95. The molecule has 7 nitrogen and oxygen atoms in total. The molecule has 20 heavy (non-hydrogen) atoms. The molecule has 0 spiro atoms. The van der Waals surface area contributed by atoms with Crippen LogP contribution >= 0.6 is 11.6 Å². The zero-order valence-corrected chi connectivity index (χ0v) is 11.3. The van der Waals surface area contributed by atoms with E-state index in [0.717, 1.165) is 12.8 Å². The lowest BCUT2D eigenvalue weighted by Gasteiger charge is -2.15. The third-order valence-electron chi connectivity index (χ3n) is 3.29. The first-order valence-corrected chi connectivity index (χ1v) is 6.37. The predicted molar refractivity (Wildman–Crippen MR) is 73.3 cm³/mol. The molecule has 108 valence electrons. The third kappa shape index (κ3) is 3.30. The van der Waals surface area contributed by atoms with E-state index in [0.29, 0.717) is 11.4 Å². The Morgan fingerprint density at radius 1 is 1.60 bits per heavy atom. The monoisotopic (exact) mass is 299 g/mol. The van der Waals surface area contributed by atoms with Crippen LogP contribution in [-0.2, 0) is 0 Å². The van der Waals surface area contributed by atoms with Crippen molar-refractivity contribution in [1.82, 2.24) is 0 Å². The van der Waals surface area contributed by atoms with Gasteiger partial charge in [-0.2, -0.15) is 0 Å². The maximum atomic E-state index is 10.9. The highest BCUT2D eigenvalue weighted by Gasteiger charge is 2.44. The summed E-state index contributed by atoms with van der Waals surface area (Å²) in [5, 5.41) is 22.8. The molecule has 0 aliphatic heterocycles. The molecular weight excluding hydrogens is 286 g/mol. The largest absolute Gasteiger partial charge is 0.486 e. The smallest absolute Gasteiger partial charge is 0.311 e. The van der Waals surface area contributed by atoms with Gasteiger partial charge in [-0.05, 0) is 18.9 Å². The number of ether oxygens (including phenoxy) is 1. The maximum Gasteiger partial charge on any atom is 0.311 e. The van der Waals surface area contributed by atoms with E-state index in [1.807, 2.05) is 0 Å². The van der Waals surface area contributed by atoms with E-state index in [1.54, 1.807) is 0 Å². The van der Waals surface area contributed by atoms with Crippen LogP contribution in [0.4, 0.5) is 5.69 Å². The van der Waals surface area contributed by atoms with Gasteiger partial charge in [-0.3, -0.25) is 10.1 Å². The lowest BCUT2D eigenvalue weighted by Crippen LogP contribution is -2.22. The van der Waals surface area contributed by atoms with Gasteiger partial charge in [0.2, 0.25) is 0 Å². The molecule has 8 heteroatoms. The number of benzene rings is 1. The summed E-state index contributed by atoms with van der Waals surface area (Å²) in [6.45, 7) is 0.268. The molecule has 1 aromatic rings. The van der Waals surface area contributed by atoms with Gasteiger partial charge in [0.1, 0.15) is 5.84 Å². The third-order valence-corrected chi connectivity index (χ3v) is 3.53. The Hall–Kier alpha value is -2.02. The van der Waals surface area contributed by atoms with Crippen molar-refractivity contribution in [3.8, 4) is 5.75 Å². The minimum atomic E-state index is -0.519. The molecule has 1 aliphatic carbocycles. The normalized spacial score (nSPS) is 16.8. The van der Waals surface area contributed by atoms with E-state index in [-0.39, 0.29) is 29.3 Å². The SMILES string of the molecule is NC(CC1(COc2cc(Cl)ccc2[N+](=O)[O-])CC1)=NO. The van der Waals surface area contributed by atoms with E-state index in [9.17, 15) is 10.1 Å². The minimum Gasteiger partial charge on any atom is -0.486 e. The number of hydrogen-bond donors (Lipinski definition) is 2. The average molecular weight is 300 g/mol. The van der Waals surface area contributed by atoms with Gasteiger partial charge in [-0.25, -0.2) is 0 Å². The van der Waals surface area contributed by atoms with Gasteiger partial charge in [0.15, 0.2) is 5.75 Å². The van der Waals surface area contributed by atoms with Gasteiger partial charge in [0.25, 0.3) is 0 Å². The van der Waals surface area contributed by atoms with Gasteiger partial charge >= 0.3 is 5.69 Å². The molecule has 3 N–H and O–H groups in total. The predicted octanol–water partition coefficient (Wildman–Crippen LogP) is 2.54. The summed E-state index contributed by atoms with van der Waals surface area (Å²) in [5.41, 5.74) is 5.15. The number of rotatable bonds is 6. The quantitative estimate of drug-likeness (QED) is 0.276.